The largest absolute Gasteiger partial charge is 0.493 e. The number of nitriles is 1. The Morgan fingerprint density at radius 2 is 2.10 bits per heavy atom. The first-order chi connectivity index (χ1) is 10.1. The molecular weight excluding hydrogens is 268 g/mol. The fraction of sp³-hybridized carbons (Fsp3) is 0.500. The number of hydrogen-bond acceptors (Lipinski definition) is 4. The van der Waals surface area contributed by atoms with Gasteiger partial charge in [0.1, 0.15) is 5.54 Å². The Bertz CT molecular complexity index is 557. The van der Waals surface area contributed by atoms with Gasteiger partial charge < -0.3 is 14.8 Å². The van der Waals surface area contributed by atoms with Crippen molar-refractivity contribution in [3.8, 4) is 17.6 Å². The molecule has 1 aliphatic rings. The van der Waals surface area contributed by atoms with Gasteiger partial charge in [-0.15, -0.1) is 0 Å². The minimum atomic E-state index is -0.719. The molecule has 0 radical (unpaired) electrons. The second-order valence-corrected chi connectivity index (χ2v) is 5.15. The first kappa shape index (κ1) is 15.2. The smallest absolute Gasteiger partial charge is 0.252 e. The fourth-order valence-electron chi connectivity index (χ4n) is 2.62. The van der Waals surface area contributed by atoms with Crippen LogP contribution in [0.5, 0.6) is 11.5 Å². The molecule has 0 aliphatic heterocycles. The molecule has 1 N–H and O–H groups in total. The summed E-state index contributed by atoms with van der Waals surface area (Å²) in [6.45, 7) is 2.41. The lowest BCUT2D eigenvalue weighted by Crippen LogP contribution is -2.45. The number of carbonyl (C=O) groups is 1. The van der Waals surface area contributed by atoms with Crippen molar-refractivity contribution < 1.29 is 14.3 Å². The van der Waals surface area contributed by atoms with Crippen LogP contribution in [0.25, 0.3) is 0 Å². The Balaban J connectivity index is 2.18. The lowest BCUT2D eigenvalue weighted by Gasteiger charge is -2.22. The number of nitrogens with one attached hydrogen (secondary N) is 1. The van der Waals surface area contributed by atoms with Gasteiger partial charge in [0.15, 0.2) is 11.5 Å². The summed E-state index contributed by atoms with van der Waals surface area (Å²) in [7, 11) is 1.53. The molecule has 5 heteroatoms. The molecule has 1 fully saturated rings. The van der Waals surface area contributed by atoms with Crippen LogP contribution in [0.3, 0.4) is 0 Å². The molecule has 21 heavy (non-hydrogen) atoms. The summed E-state index contributed by atoms with van der Waals surface area (Å²) in [5.41, 5.74) is -0.250. The quantitative estimate of drug-likeness (QED) is 0.904. The molecule has 0 aromatic heterocycles. The van der Waals surface area contributed by atoms with Crippen molar-refractivity contribution in [2.24, 2.45) is 0 Å². The van der Waals surface area contributed by atoms with Gasteiger partial charge in [-0.25, -0.2) is 0 Å². The van der Waals surface area contributed by atoms with E-state index < -0.39 is 5.54 Å². The molecule has 1 aromatic rings. The summed E-state index contributed by atoms with van der Waals surface area (Å²) in [4.78, 5) is 12.3. The molecule has 1 amide bonds. The summed E-state index contributed by atoms with van der Waals surface area (Å²) in [6, 6.07) is 7.29. The van der Waals surface area contributed by atoms with Crippen LogP contribution in [0, 0.1) is 11.3 Å². The van der Waals surface area contributed by atoms with Crippen LogP contribution in [0.4, 0.5) is 0 Å². The second-order valence-electron chi connectivity index (χ2n) is 5.15. The molecule has 0 bridgehead atoms. The van der Waals surface area contributed by atoms with Crippen molar-refractivity contribution in [3.05, 3.63) is 23.8 Å². The van der Waals surface area contributed by atoms with Crippen molar-refractivity contribution in [1.29, 1.82) is 5.26 Å². The molecule has 2 rings (SSSR count). The van der Waals surface area contributed by atoms with E-state index in [-0.39, 0.29) is 5.91 Å². The van der Waals surface area contributed by atoms with E-state index >= 15 is 0 Å². The molecule has 1 aliphatic carbocycles. The molecule has 112 valence electrons. The highest BCUT2D eigenvalue weighted by atomic mass is 16.5. The lowest BCUT2D eigenvalue weighted by molar-refractivity contribution is 0.0920. The van der Waals surface area contributed by atoms with Gasteiger partial charge >= 0.3 is 0 Å². The van der Waals surface area contributed by atoms with Crippen LogP contribution in [-0.4, -0.2) is 25.2 Å². The highest BCUT2D eigenvalue weighted by Gasteiger charge is 2.35. The number of hydrogen-bond donors (Lipinski definition) is 1. The highest BCUT2D eigenvalue weighted by Crippen LogP contribution is 2.31. The maximum absolute atomic E-state index is 12.3. The van der Waals surface area contributed by atoms with E-state index in [1.807, 2.05) is 6.92 Å². The van der Waals surface area contributed by atoms with E-state index in [9.17, 15) is 10.1 Å². The van der Waals surface area contributed by atoms with Gasteiger partial charge in [-0.05, 0) is 50.8 Å². The molecule has 0 unspecified atom stereocenters. The van der Waals surface area contributed by atoms with E-state index in [0.717, 1.165) is 12.8 Å². The third-order valence-corrected chi connectivity index (χ3v) is 3.75. The SMILES string of the molecule is CCOc1ccc(C(=O)NC2(C#N)CCCC2)cc1OC. The molecule has 1 saturated carbocycles. The predicted molar refractivity (Wildman–Crippen MR) is 78.4 cm³/mol. The average Bonchev–Trinajstić information content (AvgIpc) is 2.97. The summed E-state index contributed by atoms with van der Waals surface area (Å²) in [5, 5.41) is 12.2. The molecule has 0 atom stereocenters. The number of methoxy groups -OCH3 is 1. The van der Waals surface area contributed by atoms with Gasteiger partial charge in [0, 0.05) is 5.56 Å². The lowest BCUT2D eigenvalue weighted by atomic mass is 9.99. The maximum atomic E-state index is 12.3. The van der Waals surface area contributed by atoms with Crippen LogP contribution < -0.4 is 14.8 Å². The van der Waals surface area contributed by atoms with E-state index in [0.29, 0.717) is 36.5 Å². The van der Waals surface area contributed by atoms with E-state index in [4.69, 9.17) is 9.47 Å². The molecular formula is C16H20N2O3. The van der Waals surface area contributed by atoms with E-state index in [1.165, 1.54) is 7.11 Å². The monoisotopic (exact) mass is 288 g/mol. The number of rotatable bonds is 5. The van der Waals surface area contributed by atoms with Crippen molar-refractivity contribution >= 4 is 5.91 Å². The fourth-order valence-corrected chi connectivity index (χ4v) is 2.62. The van der Waals surface area contributed by atoms with E-state index in [2.05, 4.69) is 11.4 Å². The first-order valence-electron chi connectivity index (χ1n) is 7.19. The summed E-state index contributed by atoms with van der Waals surface area (Å²) >= 11 is 0. The normalized spacial score (nSPS) is 16.0. The third kappa shape index (κ3) is 3.27. The number of benzene rings is 1. The molecule has 0 heterocycles. The zero-order valence-corrected chi connectivity index (χ0v) is 12.4. The standard InChI is InChI=1S/C16H20N2O3/c1-3-21-13-7-6-12(10-14(13)20-2)15(19)18-16(11-17)8-4-5-9-16/h6-7,10H,3-5,8-9H2,1-2H3,(H,18,19). The first-order valence-corrected chi connectivity index (χ1v) is 7.19. The van der Waals surface area contributed by atoms with Crippen molar-refractivity contribution in [2.75, 3.05) is 13.7 Å². The Labute approximate surface area is 124 Å². The van der Waals surface area contributed by atoms with E-state index in [1.54, 1.807) is 18.2 Å². The van der Waals surface area contributed by atoms with Gasteiger partial charge in [-0.3, -0.25) is 4.79 Å². The van der Waals surface area contributed by atoms with Gasteiger partial charge in [0.05, 0.1) is 19.8 Å². The van der Waals surface area contributed by atoms with Crippen LogP contribution in [0.15, 0.2) is 18.2 Å². The summed E-state index contributed by atoms with van der Waals surface area (Å²) in [6.07, 6.45) is 3.37. The molecule has 0 spiro atoms. The van der Waals surface area contributed by atoms with Crippen LogP contribution in [0.2, 0.25) is 0 Å². The van der Waals surface area contributed by atoms with Crippen molar-refractivity contribution in [3.63, 3.8) is 0 Å². The Morgan fingerprint density at radius 1 is 1.38 bits per heavy atom. The molecule has 1 aromatic carbocycles. The Morgan fingerprint density at radius 3 is 2.67 bits per heavy atom. The predicted octanol–water partition coefficient (Wildman–Crippen LogP) is 2.66. The van der Waals surface area contributed by atoms with Gasteiger partial charge in [-0.2, -0.15) is 5.26 Å². The Hall–Kier alpha value is -2.22. The highest BCUT2D eigenvalue weighted by molar-refractivity contribution is 5.95. The zero-order chi connectivity index (χ0) is 15.3. The Kier molecular flexibility index (Phi) is 4.69. The molecule has 5 nitrogen and oxygen atoms in total. The number of nitrogens with zero attached hydrogens (tertiary/aromatic N) is 1. The van der Waals surface area contributed by atoms with Gasteiger partial charge in [-0.1, -0.05) is 0 Å². The maximum Gasteiger partial charge on any atom is 0.252 e. The second kappa shape index (κ2) is 6.49. The third-order valence-electron chi connectivity index (χ3n) is 3.75. The number of ether oxygens (including phenoxy) is 2. The van der Waals surface area contributed by atoms with Gasteiger partial charge in [0.2, 0.25) is 0 Å². The minimum absolute atomic E-state index is 0.250. The average molecular weight is 288 g/mol. The van der Waals surface area contributed by atoms with Crippen LogP contribution in [-0.2, 0) is 0 Å². The minimum Gasteiger partial charge on any atom is -0.493 e. The number of carbonyl (C=O) groups excluding carboxylic acids is 1. The van der Waals surface area contributed by atoms with Crippen molar-refractivity contribution in [1.82, 2.24) is 5.32 Å². The zero-order valence-electron chi connectivity index (χ0n) is 12.4. The van der Waals surface area contributed by atoms with Crippen LogP contribution >= 0.6 is 0 Å². The summed E-state index contributed by atoms with van der Waals surface area (Å²) < 4.78 is 10.7. The summed E-state index contributed by atoms with van der Waals surface area (Å²) in [5.74, 6) is 0.870. The topological polar surface area (TPSA) is 71.3 Å². The van der Waals surface area contributed by atoms with Gasteiger partial charge in [0.25, 0.3) is 5.91 Å². The van der Waals surface area contributed by atoms with Crippen LogP contribution in [0.1, 0.15) is 43.0 Å². The van der Waals surface area contributed by atoms with Crippen molar-refractivity contribution in [2.45, 2.75) is 38.1 Å². The molecule has 0 saturated heterocycles. The number of amides is 1.